The van der Waals surface area contributed by atoms with Gasteiger partial charge in [-0.05, 0) is 0 Å². The minimum atomic E-state index is -1.88. The molecule has 2 N–H and O–H groups in total. The summed E-state index contributed by atoms with van der Waals surface area (Å²) in [7, 11) is 0. The van der Waals surface area contributed by atoms with Gasteiger partial charge in [0.25, 0.3) is 0 Å². The third kappa shape index (κ3) is 0.463. The van der Waals surface area contributed by atoms with Crippen molar-refractivity contribution in [2.24, 2.45) is 11.8 Å². The fourth-order valence-corrected chi connectivity index (χ4v) is 1.79. The molecule has 1 saturated carbocycles. The molecule has 10 heavy (non-hydrogen) atoms. The van der Waals surface area contributed by atoms with Crippen molar-refractivity contribution in [3.63, 3.8) is 0 Å². The molecule has 0 amide bonds. The summed E-state index contributed by atoms with van der Waals surface area (Å²) in [6.45, 7) is 1.04. The van der Waals surface area contributed by atoms with Crippen LogP contribution in [0.25, 0.3) is 0 Å². The van der Waals surface area contributed by atoms with Gasteiger partial charge in [-0.3, -0.25) is 0 Å². The highest BCUT2D eigenvalue weighted by molar-refractivity contribution is 5.83. The average molecular weight is 145 g/mol. The van der Waals surface area contributed by atoms with Crippen LogP contribution in [-0.4, -0.2) is 29.8 Å². The summed E-state index contributed by atoms with van der Waals surface area (Å²) in [4.78, 5) is 10.3. The molecule has 1 aliphatic carbocycles. The molecule has 56 valence electrons. The Bertz CT molecular complexity index is 184. The lowest BCUT2D eigenvalue weighted by molar-refractivity contribution is -0.146. The van der Waals surface area contributed by atoms with Crippen LogP contribution >= 0.6 is 0 Å². The standard InChI is InChI=1S/C6H8FNO2/c7-6(5(9)10)3-1-8-2-4(3)6/h3-4,8H,1-2H2,(H,9,10). The molecule has 3 nitrogen and oxygen atoms in total. The van der Waals surface area contributed by atoms with Crippen molar-refractivity contribution < 1.29 is 14.3 Å². The first kappa shape index (κ1) is 6.09. The van der Waals surface area contributed by atoms with Crippen LogP contribution in [0.2, 0.25) is 0 Å². The number of hydrogen-bond donors (Lipinski definition) is 2. The van der Waals surface area contributed by atoms with Crippen molar-refractivity contribution in [3.05, 3.63) is 0 Å². The Balaban J connectivity index is 2.17. The molecule has 2 fully saturated rings. The maximum absolute atomic E-state index is 13.1. The second-order valence-electron chi connectivity index (χ2n) is 2.94. The van der Waals surface area contributed by atoms with Gasteiger partial charge < -0.3 is 10.4 Å². The first-order valence-corrected chi connectivity index (χ1v) is 3.30. The number of nitrogens with one attached hydrogen (secondary N) is 1. The van der Waals surface area contributed by atoms with Crippen LogP contribution in [0.1, 0.15) is 0 Å². The molecule has 2 rings (SSSR count). The predicted octanol–water partition coefficient (Wildman–Crippen LogP) is -0.372. The number of alkyl halides is 1. The van der Waals surface area contributed by atoms with Gasteiger partial charge in [-0.25, -0.2) is 9.18 Å². The average Bonchev–Trinajstić information content (AvgIpc) is 2.28. The highest BCUT2D eigenvalue weighted by Crippen LogP contribution is 2.55. The fourth-order valence-electron chi connectivity index (χ4n) is 1.79. The van der Waals surface area contributed by atoms with Crippen molar-refractivity contribution in [1.29, 1.82) is 0 Å². The number of carboxylic acid groups (broad SMARTS) is 1. The largest absolute Gasteiger partial charge is 0.479 e. The lowest BCUT2D eigenvalue weighted by atomic mass is 10.2. The van der Waals surface area contributed by atoms with Gasteiger partial charge in [-0.1, -0.05) is 0 Å². The van der Waals surface area contributed by atoms with Crippen LogP contribution in [0.3, 0.4) is 0 Å². The lowest BCUT2D eigenvalue weighted by Crippen LogP contribution is -2.30. The van der Waals surface area contributed by atoms with E-state index in [1.165, 1.54) is 0 Å². The van der Waals surface area contributed by atoms with Gasteiger partial charge in [-0.15, -0.1) is 0 Å². The molecular weight excluding hydrogens is 137 g/mol. The number of hydrogen-bond acceptors (Lipinski definition) is 2. The quantitative estimate of drug-likeness (QED) is 0.529. The third-order valence-corrected chi connectivity index (χ3v) is 2.51. The van der Waals surface area contributed by atoms with Gasteiger partial charge in [0.2, 0.25) is 5.67 Å². The van der Waals surface area contributed by atoms with E-state index in [1.54, 1.807) is 0 Å². The predicted molar refractivity (Wildman–Crippen MR) is 31.3 cm³/mol. The molecule has 0 radical (unpaired) electrons. The number of aliphatic carboxylic acids is 1. The fraction of sp³-hybridized carbons (Fsp3) is 0.833. The molecule has 0 bridgehead atoms. The molecule has 0 spiro atoms. The molecule has 0 aromatic heterocycles. The number of piperidine rings is 1. The topological polar surface area (TPSA) is 49.3 Å². The van der Waals surface area contributed by atoms with Crippen molar-refractivity contribution in [1.82, 2.24) is 5.32 Å². The van der Waals surface area contributed by atoms with E-state index in [2.05, 4.69) is 5.32 Å². The second kappa shape index (κ2) is 1.50. The monoisotopic (exact) mass is 145 g/mol. The van der Waals surface area contributed by atoms with Crippen LogP contribution < -0.4 is 5.32 Å². The Morgan fingerprint density at radius 1 is 1.60 bits per heavy atom. The summed E-state index contributed by atoms with van der Waals surface area (Å²) in [6.07, 6.45) is 0. The third-order valence-electron chi connectivity index (χ3n) is 2.51. The highest BCUT2D eigenvalue weighted by Gasteiger charge is 2.73. The minimum Gasteiger partial charge on any atom is -0.479 e. The van der Waals surface area contributed by atoms with Gasteiger partial charge >= 0.3 is 5.97 Å². The van der Waals surface area contributed by atoms with Crippen molar-refractivity contribution in [3.8, 4) is 0 Å². The van der Waals surface area contributed by atoms with E-state index in [0.717, 1.165) is 0 Å². The maximum atomic E-state index is 13.1. The molecule has 0 aromatic carbocycles. The van der Waals surface area contributed by atoms with Crippen molar-refractivity contribution >= 4 is 5.97 Å². The zero-order chi connectivity index (χ0) is 7.35. The zero-order valence-corrected chi connectivity index (χ0v) is 5.30. The molecule has 2 atom stereocenters. The second-order valence-corrected chi connectivity index (χ2v) is 2.94. The van der Waals surface area contributed by atoms with Gasteiger partial charge in [0, 0.05) is 24.9 Å². The lowest BCUT2D eigenvalue weighted by Gasteiger charge is -2.04. The summed E-state index contributed by atoms with van der Waals surface area (Å²) in [6, 6.07) is 0. The Kier molecular flexibility index (Phi) is 0.916. The molecule has 2 unspecified atom stereocenters. The van der Waals surface area contributed by atoms with E-state index in [0.29, 0.717) is 13.1 Å². The Labute approximate surface area is 57.2 Å². The molecule has 4 heteroatoms. The van der Waals surface area contributed by atoms with Crippen LogP contribution in [0.15, 0.2) is 0 Å². The number of carboxylic acids is 1. The van der Waals surface area contributed by atoms with Crippen LogP contribution in [-0.2, 0) is 4.79 Å². The summed E-state index contributed by atoms with van der Waals surface area (Å²) in [5.74, 6) is -1.81. The van der Waals surface area contributed by atoms with E-state index in [4.69, 9.17) is 5.11 Å². The SMILES string of the molecule is O=C(O)C1(F)C2CNCC21. The van der Waals surface area contributed by atoms with Crippen molar-refractivity contribution in [2.45, 2.75) is 5.67 Å². The smallest absolute Gasteiger partial charge is 0.342 e. The van der Waals surface area contributed by atoms with Crippen LogP contribution in [0, 0.1) is 11.8 Å². The summed E-state index contributed by atoms with van der Waals surface area (Å²) in [5, 5.41) is 11.3. The van der Waals surface area contributed by atoms with E-state index < -0.39 is 11.6 Å². The normalized spacial score (nSPS) is 50.5. The molecule has 1 saturated heterocycles. The van der Waals surface area contributed by atoms with E-state index in [-0.39, 0.29) is 11.8 Å². The summed E-state index contributed by atoms with van der Waals surface area (Å²) < 4.78 is 13.1. The number of halogens is 1. The zero-order valence-electron chi connectivity index (χ0n) is 5.30. The van der Waals surface area contributed by atoms with Gasteiger partial charge in [0.05, 0.1) is 0 Å². The first-order valence-electron chi connectivity index (χ1n) is 3.30. The molecule has 0 aromatic rings. The summed E-state index contributed by atoms with van der Waals surface area (Å²) in [5.41, 5.74) is -1.88. The summed E-state index contributed by atoms with van der Waals surface area (Å²) >= 11 is 0. The van der Waals surface area contributed by atoms with Gasteiger partial charge in [0.15, 0.2) is 0 Å². The molecular formula is C6H8FNO2. The van der Waals surface area contributed by atoms with E-state index in [9.17, 15) is 9.18 Å². The highest BCUT2D eigenvalue weighted by atomic mass is 19.1. The number of rotatable bonds is 1. The number of carbonyl (C=O) groups is 1. The molecule has 2 aliphatic rings. The van der Waals surface area contributed by atoms with Gasteiger partial charge in [0.1, 0.15) is 0 Å². The Morgan fingerprint density at radius 2 is 2.10 bits per heavy atom. The Hall–Kier alpha value is -0.640. The van der Waals surface area contributed by atoms with E-state index in [1.807, 2.05) is 0 Å². The molecule has 1 aliphatic heterocycles. The van der Waals surface area contributed by atoms with Crippen LogP contribution in [0.4, 0.5) is 4.39 Å². The van der Waals surface area contributed by atoms with Crippen molar-refractivity contribution in [2.75, 3.05) is 13.1 Å². The number of fused-ring (bicyclic) bond motifs is 1. The molecule has 1 heterocycles. The minimum absolute atomic E-state index is 0.259. The van der Waals surface area contributed by atoms with Gasteiger partial charge in [-0.2, -0.15) is 0 Å². The maximum Gasteiger partial charge on any atom is 0.342 e. The first-order chi connectivity index (χ1) is 4.67. The van der Waals surface area contributed by atoms with Crippen LogP contribution in [0.5, 0.6) is 0 Å². The Morgan fingerprint density at radius 3 is 2.40 bits per heavy atom. The van der Waals surface area contributed by atoms with E-state index >= 15 is 0 Å².